The standard InChI is InChI=1S/C12H12BrN3O3/c1-3-19-12(17)11(15-18-2)9-7-16-6-8(13)4-5-10(16)14-9/h4-7H,3H2,1-2H3/b15-11+. The molecule has 0 radical (unpaired) electrons. The van der Waals surface area contributed by atoms with E-state index >= 15 is 0 Å². The van der Waals surface area contributed by atoms with E-state index in [1.165, 1.54) is 7.11 Å². The molecular weight excluding hydrogens is 314 g/mol. The summed E-state index contributed by atoms with van der Waals surface area (Å²) in [6, 6.07) is 3.69. The SMILES string of the molecule is CCOC(=O)/C(=N/OC)c1cn2cc(Br)ccc2n1. The quantitative estimate of drug-likeness (QED) is 0.490. The second-order valence-corrected chi connectivity index (χ2v) is 4.50. The predicted octanol–water partition coefficient (Wildman–Crippen LogP) is 2.01. The molecule has 0 bridgehead atoms. The van der Waals surface area contributed by atoms with Gasteiger partial charge in [-0.25, -0.2) is 9.78 Å². The summed E-state index contributed by atoms with van der Waals surface area (Å²) in [6.45, 7) is 1.99. The summed E-state index contributed by atoms with van der Waals surface area (Å²) < 4.78 is 7.61. The van der Waals surface area contributed by atoms with Crippen molar-refractivity contribution in [1.29, 1.82) is 0 Å². The summed E-state index contributed by atoms with van der Waals surface area (Å²) in [5.74, 6) is -0.563. The highest BCUT2D eigenvalue weighted by Gasteiger charge is 2.19. The van der Waals surface area contributed by atoms with Crippen LogP contribution >= 0.6 is 15.9 Å². The van der Waals surface area contributed by atoms with Crippen LogP contribution in [0, 0.1) is 0 Å². The smallest absolute Gasteiger partial charge is 0.362 e. The number of hydrogen-bond donors (Lipinski definition) is 0. The molecule has 0 N–H and O–H groups in total. The van der Waals surface area contributed by atoms with Crippen LogP contribution in [0.4, 0.5) is 0 Å². The molecule has 0 saturated heterocycles. The lowest BCUT2D eigenvalue weighted by atomic mass is 10.3. The van der Waals surface area contributed by atoms with Crippen molar-refractivity contribution in [3.8, 4) is 0 Å². The average molecular weight is 326 g/mol. The first-order valence-electron chi connectivity index (χ1n) is 5.58. The molecule has 0 aliphatic rings. The zero-order valence-corrected chi connectivity index (χ0v) is 12.0. The Kier molecular flexibility index (Phi) is 4.16. The van der Waals surface area contributed by atoms with E-state index in [9.17, 15) is 4.79 Å². The molecule has 0 aliphatic heterocycles. The largest absolute Gasteiger partial charge is 0.461 e. The van der Waals surface area contributed by atoms with Crippen molar-refractivity contribution >= 4 is 33.3 Å². The zero-order valence-electron chi connectivity index (χ0n) is 10.5. The molecule has 0 saturated carbocycles. The third-order valence-corrected chi connectivity index (χ3v) is 2.78. The highest BCUT2D eigenvalue weighted by molar-refractivity contribution is 9.10. The molecule has 0 aliphatic carbocycles. The number of carbonyl (C=O) groups is 1. The Labute approximate surface area is 118 Å². The summed E-state index contributed by atoms with van der Waals surface area (Å²) >= 11 is 3.37. The molecule has 100 valence electrons. The minimum atomic E-state index is -0.563. The van der Waals surface area contributed by atoms with Crippen LogP contribution in [-0.4, -0.2) is 34.8 Å². The van der Waals surface area contributed by atoms with Gasteiger partial charge in [0.25, 0.3) is 0 Å². The van der Waals surface area contributed by atoms with Gasteiger partial charge in [0, 0.05) is 16.9 Å². The molecular formula is C12H12BrN3O3. The van der Waals surface area contributed by atoms with Crippen LogP contribution in [0.15, 0.2) is 34.2 Å². The number of fused-ring (bicyclic) bond motifs is 1. The lowest BCUT2D eigenvalue weighted by Crippen LogP contribution is -2.19. The Morgan fingerprint density at radius 3 is 2.95 bits per heavy atom. The molecule has 0 amide bonds. The van der Waals surface area contributed by atoms with E-state index in [4.69, 9.17) is 4.74 Å². The monoisotopic (exact) mass is 325 g/mol. The van der Waals surface area contributed by atoms with Gasteiger partial charge in [-0.05, 0) is 35.0 Å². The average Bonchev–Trinajstić information content (AvgIpc) is 2.78. The number of hydrogen-bond acceptors (Lipinski definition) is 5. The number of nitrogens with zero attached hydrogens (tertiary/aromatic N) is 3. The molecule has 0 fully saturated rings. The number of imidazole rings is 1. The maximum Gasteiger partial charge on any atom is 0.362 e. The van der Waals surface area contributed by atoms with E-state index in [0.717, 1.165) is 4.47 Å². The molecule has 2 aromatic rings. The third-order valence-electron chi connectivity index (χ3n) is 2.31. The summed E-state index contributed by atoms with van der Waals surface area (Å²) in [6.07, 6.45) is 3.52. The number of rotatable bonds is 4. The van der Waals surface area contributed by atoms with Crippen LogP contribution in [0.3, 0.4) is 0 Å². The van der Waals surface area contributed by atoms with E-state index in [1.807, 2.05) is 18.3 Å². The molecule has 0 aromatic carbocycles. The maximum atomic E-state index is 11.8. The second-order valence-electron chi connectivity index (χ2n) is 3.58. The summed E-state index contributed by atoms with van der Waals surface area (Å²) in [4.78, 5) is 20.8. The Hall–Kier alpha value is -1.89. The minimum absolute atomic E-state index is 0.0455. The van der Waals surface area contributed by atoms with Gasteiger partial charge in [-0.2, -0.15) is 0 Å². The third kappa shape index (κ3) is 2.93. The van der Waals surface area contributed by atoms with Crippen LogP contribution in [0.2, 0.25) is 0 Å². The van der Waals surface area contributed by atoms with Crippen LogP contribution in [0.5, 0.6) is 0 Å². The van der Waals surface area contributed by atoms with Gasteiger partial charge in [0.15, 0.2) is 0 Å². The van der Waals surface area contributed by atoms with Gasteiger partial charge in [-0.15, -0.1) is 0 Å². The Bertz CT molecular complexity index is 636. The van der Waals surface area contributed by atoms with Crippen molar-refractivity contribution in [2.75, 3.05) is 13.7 Å². The lowest BCUT2D eigenvalue weighted by molar-refractivity contribution is -0.135. The topological polar surface area (TPSA) is 65.2 Å². The second kappa shape index (κ2) is 5.83. The van der Waals surface area contributed by atoms with Crippen LogP contribution in [-0.2, 0) is 14.4 Å². The minimum Gasteiger partial charge on any atom is -0.461 e. The number of carbonyl (C=O) groups excluding carboxylic acids is 1. The Morgan fingerprint density at radius 1 is 1.47 bits per heavy atom. The van der Waals surface area contributed by atoms with E-state index < -0.39 is 5.97 Å². The normalized spacial score (nSPS) is 11.6. The molecule has 0 spiro atoms. The van der Waals surface area contributed by atoms with Crippen molar-refractivity contribution in [1.82, 2.24) is 9.38 Å². The number of halogens is 1. The first kappa shape index (κ1) is 13.5. The molecule has 6 nitrogen and oxygen atoms in total. The van der Waals surface area contributed by atoms with Crippen molar-refractivity contribution in [2.45, 2.75) is 6.92 Å². The van der Waals surface area contributed by atoms with Crippen molar-refractivity contribution in [3.05, 3.63) is 34.7 Å². The first-order valence-corrected chi connectivity index (χ1v) is 6.38. The first-order chi connectivity index (χ1) is 9.15. The number of esters is 1. The van der Waals surface area contributed by atoms with Crippen molar-refractivity contribution in [2.24, 2.45) is 5.16 Å². The van der Waals surface area contributed by atoms with Gasteiger partial charge in [0.2, 0.25) is 5.71 Å². The molecule has 0 unspecified atom stereocenters. The van der Waals surface area contributed by atoms with Crippen molar-refractivity contribution < 1.29 is 14.4 Å². The summed E-state index contributed by atoms with van der Waals surface area (Å²) in [5.41, 5.74) is 1.15. The molecule has 2 heterocycles. The highest BCUT2D eigenvalue weighted by atomic mass is 79.9. The Morgan fingerprint density at radius 2 is 2.26 bits per heavy atom. The van der Waals surface area contributed by atoms with E-state index in [1.54, 1.807) is 17.5 Å². The van der Waals surface area contributed by atoms with E-state index in [0.29, 0.717) is 11.3 Å². The van der Waals surface area contributed by atoms with Gasteiger partial charge >= 0.3 is 5.97 Å². The van der Waals surface area contributed by atoms with Crippen molar-refractivity contribution in [3.63, 3.8) is 0 Å². The predicted molar refractivity (Wildman–Crippen MR) is 73.1 cm³/mol. The maximum absolute atomic E-state index is 11.8. The van der Waals surface area contributed by atoms with Gasteiger partial charge < -0.3 is 14.0 Å². The van der Waals surface area contributed by atoms with Crippen LogP contribution in [0.1, 0.15) is 12.6 Å². The number of oxime groups is 1. The number of ether oxygens (including phenoxy) is 1. The van der Waals surface area contributed by atoms with Crippen LogP contribution < -0.4 is 0 Å². The lowest BCUT2D eigenvalue weighted by Gasteiger charge is -2.01. The Balaban J connectivity index is 2.45. The highest BCUT2D eigenvalue weighted by Crippen LogP contribution is 2.13. The van der Waals surface area contributed by atoms with E-state index in [-0.39, 0.29) is 12.3 Å². The fourth-order valence-electron chi connectivity index (χ4n) is 1.56. The van der Waals surface area contributed by atoms with Gasteiger partial charge in [-0.3, -0.25) is 0 Å². The summed E-state index contributed by atoms with van der Waals surface area (Å²) in [7, 11) is 1.37. The molecule has 2 rings (SSSR count). The zero-order chi connectivity index (χ0) is 13.8. The van der Waals surface area contributed by atoms with Gasteiger partial charge in [0.05, 0.1) is 6.61 Å². The number of aromatic nitrogens is 2. The molecule has 0 atom stereocenters. The molecule has 7 heteroatoms. The molecule has 2 aromatic heterocycles. The fraction of sp³-hybridized carbons (Fsp3) is 0.250. The van der Waals surface area contributed by atoms with Gasteiger partial charge in [0.1, 0.15) is 18.5 Å². The summed E-state index contributed by atoms with van der Waals surface area (Å²) in [5, 5.41) is 3.69. The number of pyridine rings is 1. The fourth-order valence-corrected chi connectivity index (χ4v) is 1.91. The molecule has 19 heavy (non-hydrogen) atoms. The van der Waals surface area contributed by atoms with E-state index in [2.05, 4.69) is 30.9 Å². The van der Waals surface area contributed by atoms with Gasteiger partial charge in [-0.1, -0.05) is 5.16 Å². The van der Waals surface area contributed by atoms with Crippen LogP contribution in [0.25, 0.3) is 5.65 Å².